The SMILES string of the molecule is O=c1c(Cl)c(NCc2cc(Br)cs2)cnn1-c1ccc([N+](=O)[O-])cc1. The molecule has 0 fully saturated rings. The van der Waals surface area contributed by atoms with E-state index in [-0.39, 0.29) is 10.7 Å². The number of nitrogens with one attached hydrogen (secondary N) is 1. The highest BCUT2D eigenvalue weighted by Crippen LogP contribution is 2.23. The van der Waals surface area contributed by atoms with Crippen LogP contribution in [0.1, 0.15) is 4.88 Å². The van der Waals surface area contributed by atoms with Gasteiger partial charge in [0, 0.05) is 33.4 Å². The second kappa shape index (κ2) is 7.34. The third-order valence-corrected chi connectivity index (χ3v) is 5.36. The first kappa shape index (κ1) is 17.6. The maximum Gasteiger partial charge on any atom is 0.292 e. The third kappa shape index (κ3) is 3.89. The van der Waals surface area contributed by atoms with Crippen molar-refractivity contribution in [2.45, 2.75) is 6.54 Å². The van der Waals surface area contributed by atoms with Crippen molar-refractivity contribution < 1.29 is 4.92 Å². The van der Waals surface area contributed by atoms with Gasteiger partial charge in [0.2, 0.25) is 0 Å². The largest absolute Gasteiger partial charge is 0.377 e. The lowest BCUT2D eigenvalue weighted by Crippen LogP contribution is -2.22. The van der Waals surface area contributed by atoms with E-state index in [4.69, 9.17) is 11.6 Å². The fraction of sp³-hybridized carbons (Fsp3) is 0.0667. The van der Waals surface area contributed by atoms with Crippen LogP contribution in [0.3, 0.4) is 0 Å². The lowest BCUT2D eigenvalue weighted by molar-refractivity contribution is -0.384. The molecule has 1 aromatic carbocycles. The maximum atomic E-state index is 12.4. The van der Waals surface area contributed by atoms with Gasteiger partial charge in [0.15, 0.2) is 0 Å². The minimum atomic E-state index is -0.511. The summed E-state index contributed by atoms with van der Waals surface area (Å²) in [5, 5.41) is 19.8. The lowest BCUT2D eigenvalue weighted by Gasteiger charge is -2.09. The number of benzene rings is 1. The summed E-state index contributed by atoms with van der Waals surface area (Å²) in [6.45, 7) is 0.513. The predicted molar refractivity (Wildman–Crippen MR) is 101 cm³/mol. The maximum absolute atomic E-state index is 12.4. The summed E-state index contributed by atoms with van der Waals surface area (Å²) in [5.74, 6) is 0. The lowest BCUT2D eigenvalue weighted by atomic mass is 10.3. The number of aromatic nitrogens is 2. The van der Waals surface area contributed by atoms with Crippen LogP contribution < -0.4 is 10.9 Å². The van der Waals surface area contributed by atoms with Crippen molar-refractivity contribution >= 4 is 50.2 Å². The molecule has 0 aliphatic rings. The first-order valence-electron chi connectivity index (χ1n) is 6.95. The van der Waals surface area contributed by atoms with E-state index in [0.717, 1.165) is 14.0 Å². The second-order valence-electron chi connectivity index (χ2n) is 4.95. The Bertz CT molecular complexity index is 987. The molecular weight excluding hydrogens is 432 g/mol. The van der Waals surface area contributed by atoms with E-state index >= 15 is 0 Å². The van der Waals surface area contributed by atoms with E-state index in [2.05, 4.69) is 26.3 Å². The zero-order valence-corrected chi connectivity index (χ0v) is 15.6. The number of hydrogen-bond donors (Lipinski definition) is 1. The number of halogens is 2. The van der Waals surface area contributed by atoms with E-state index in [1.54, 1.807) is 11.3 Å². The second-order valence-corrected chi connectivity index (χ2v) is 7.24. The van der Waals surface area contributed by atoms with Gasteiger partial charge >= 0.3 is 0 Å². The number of hydrogen-bond acceptors (Lipinski definition) is 6. The molecule has 128 valence electrons. The van der Waals surface area contributed by atoms with Crippen LogP contribution in [0.2, 0.25) is 5.02 Å². The summed E-state index contributed by atoms with van der Waals surface area (Å²) < 4.78 is 2.09. The molecule has 3 aromatic rings. The molecule has 2 aromatic heterocycles. The van der Waals surface area contributed by atoms with E-state index in [0.29, 0.717) is 17.9 Å². The Labute approximate surface area is 159 Å². The Morgan fingerprint density at radius 1 is 1.36 bits per heavy atom. The summed E-state index contributed by atoms with van der Waals surface area (Å²) in [6.07, 6.45) is 1.45. The van der Waals surface area contributed by atoms with Gasteiger partial charge in [-0.2, -0.15) is 9.78 Å². The van der Waals surface area contributed by atoms with Gasteiger partial charge in [-0.3, -0.25) is 14.9 Å². The zero-order chi connectivity index (χ0) is 18.0. The molecule has 10 heteroatoms. The Balaban J connectivity index is 1.84. The van der Waals surface area contributed by atoms with Crippen LogP contribution in [-0.4, -0.2) is 14.7 Å². The standard InChI is InChI=1S/C15H10BrClN4O3S/c16-9-5-12(25-8-9)6-18-13-7-19-20(15(22)14(13)17)10-1-3-11(4-2-10)21(23)24/h1-5,7-8,18H,6H2. The van der Waals surface area contributed by atoms with Crippen LogP contribution in [0, 0.1) is 10.1 Å². The highest BCUT2D eigenvalue weighted by molar-refractivity contribution is 9.10. The molecule has 0 aliphatic carbocycles. The fourth-order valence-electron chi connectivity index (χ4n) is 2.08. The van der Waals surface area contributed by atoms with E-state index in [1.165, 1.54) is 30.5 Å². The van der Waals surface area contributed by atoms with Crippen molar-refractivity contribution in [3.63, 3.8) is 0 Å². The third-order valence-electron chi connectivity index (χ3n) is 3.30. The predicted octanol–water partition coefficient (Wildman–Crippen LogP) is 4.23. The summed E-state index contributed by atoms with van der Waals surface area (Å²) >= 11 is 11.1. The van der Waals surface area contributed by atoms with Gasteiger partial charge < -0.3 is 5.32 Å². The fourth-order valence-corrected chi connectivity index (χ4v) is 3.67. The summed E-state index contributed by atoms with van der Waals surface area (Å²) in [4.78, 5) is 23.7. The van der Waals surface area contributed by atoms with Gasteiger partial charge in [-0.05, 0) is 34.1 Å². The van der Waals surface area contributed by atoms with Gasteiger partial charge in [0.25, 0.3) is 11.2 Å². The molecule has 0 spiro atoms. The van der Waals surface area contributed by atoms with E-state index in [1.807, 2.05) is 11.4 Å². The van der Waals surface area contributed by atoms with Crippen LogP contribution in [0.5, 0.6) is 0 Å². The van der Waals surface area contributed by atoms with Crippen LogP contribution in [0.25, 0.3) is 5.69 Å². The van der Waals surface area contributed by atoms with Crippen molar-refractivity contribution in [2.24, 2.45) is 0 Å². The number of nitro groups is 1. The molecule has 0 saturated carbocycles. The number of non-ortho nitro benzene ring substituents is 1. The number of nitrogens with zero attached hydrogens (tertiary/aromatic N) is 3. The topological polar surface area (TPSA) is 90.1 Å². The Morgan fingerprint density at radius 3 is 2.68 bits per heavy atom. The molecule has 0 saturated heterocycles. The van der Waals surface area contributed by atoms with Gasteiger partial charge in [0.1, 0.15) is 5.02 Å². The normalized spacial score (nSPS) is 10.6. The molecule has 0 amide bonds. The van der Waals surface area contributed by atoms with Crippen LogP contribution in [0.15, 0.2) is 51.2 Å². The Hall–Kier alpha value is -2.23. The summed E-state index contributed by atoms with van der Waals surface area (Å²) in [5.41, 5.74) is 0.247. The van der Waals surface area contributed by atoms with Crippen molar-refractivity contribution in [3.8, 4) is 5.69 Å². The minimum Gasteiger partial charge on any atom is -0.377 e. The van der Waals surface area contributed by atoms with E-state index < -0.39 is 10.5 Å². The van der Waals surface area contributed by atoms with Gasteiger partial charge in [-0.15, -0.1) is 11.3 Å². The Morgan fingerprint density at radius 2 is 2.08 bits per heavy atom. The molecule has 0 bridgehead atoms. The molecule has 0 unspecified atom stereocenters. The highest BCUT2D eigenvalue weighted by atomic mass is 79.9. The Kier molecular flexibility index (Phi) is 5.16. The molecule has 0 aliphatic heterocycles. The molecule has 7 nitrogen and oxygen atoms in total. The number of nitro benzene ring substituents is 1. The highest BCUT2D eigenvalue weighted by Gasteiger charge is 2.12. The molecule has 1 N–H and O–H groups in total. The van der Waals surface area contributed by atoms with Crippen molar-refractivity contribution in [3.05, 3.63) is 76.7 Å². The molecule has 2 heterocycles. The monoisotopic (exact) mass is 440 g/mol. The van der Waals surface area contributed by atoms with Crippen molar-refractivity contribution in [1.82, 2.24) is 9.78 Å². The van der Waals surface area contributed by atoms with E-state index in [9.17, 15) is 14.9 Å². The van der Waals surface area contributed by atoms with Gasteiger partial charge in [0.05, 0.1) is 22.5 Å². The molecule has 0 atom stereocenters. The number of thiophene rings is 1. The van der Waals surface area contributed by atoms with Crippen LogP contribution in [-0.2, 0) is 6.54 Å². The summed E-state index contributed by atoms with van der Waals surface area (Å²) in [6, 6.07) is 7.46. The molecule has 0 radical (unpaired) electrons. The van der Waals surface area contributed by atoms with Gasteiger partial charge in [-0.1, -0.05) is 11.6 Å². The quantitative estimate of drug-likeness (QED) is 0.473. The number of anilines is 1. The van der Waals surface area contributed by atoms with Crippen LogP contribution >= 0.6 is 38.9 Å². The molecule has 3 rings (SSSR count). The number of rotatable bonds is 5. The average Bonchev–Trinajstić information content (AvgIpc) is 3.02. The smallest absolute Gasteiger partial charge is 0.292 e. The zero-order valence-electron chi connectivity index (χ0n) is 12.5. The molecule has 25 heavy (non-hydrogen) atoms. The van der Waals surface area contributed by atoms with Gasteiger partial charge in [-0.25, -0.2) is 0 Å². The van der Waals surface area contributed by atoms with Crippen LogP contribution in [0.4, 0.5) is 11.4 Å². The van der Waals surface area contributed by atoms with Crippen molar-refractivity contribution in [2.75, 3.05) is 5.32 Å². The average molecular weight is 442 g/mol. The van der Waals surface area contributed by atoms with Crippen molar-refractivity contribution in [1.29, 1.82) is 0 Å². The molecular formula is C15H10BrClN4O3S. The first-order valence-corrected chi connectivity index (χ1v) is 9.00. The first-order chi connectivity index (χ1) is 12.0. The minimum absolute atomic E-state index is 0.00368. The summed E-state index contributed by atoms with van der Waals surface area (Å²) in [7, 11) is 0.